The second-order valence-electron chi connectivity index (χ2n) is 5.68. The van der Waals surface area contributed by atoms with Crippen LogP contribution in [0.2, 0.25) is 0 Å². The number of likely N-dealkylation sites (N-methyl/N-ethyl adjacent to an activating group) is 1. The van der Waals surface area contributed by atoms with Crippen LogP contribution < -0.4 is 5.73 Å². The Bertz CT molecular complexity index is 203. The number of nitrogens with zero attached hydrogens (tertiary/aromatic N) is 1. The van der Waals surface area contributed by atoms with Gasteiger partial charge in [-0.05, 0) is 39.2 Å². The Labute approximate surface area is 102 Å². The van der Waals surface area contributed by atoms with Gasteiger partial charge in [0.2, 0.25) is 0 Å². The summed E-state index contributed by atoms with van der Waals surface area (Å²) in [6.45, 7) is 11.2. The van der Waals surface area contributed by atoms with Crippen LogP contribution in [0.25, 0.3) is 0 Å². The van der Waals surface area contributed by atoms with Gasteiger partial charge in [-0.3, -0.25) is 4.90 Å². The van der Waals surface area contributed by atoms with Crippen LogP contribution in [0.4, 0.5) is 0 Å². The van der Waals surface area contributed by atoms with Gasteiger partial charge in [0, 0.05) is 18.1 Å². The van der Waals surface area contributed by atoms with Crippen LogP contribution in [0.1, 0.15) is 59.8 Å². The van der Waals surface area contributed by atoms with Gasteiger partial charge in [0.05, 0.1) is 0 Å². The molecule has 2 N–H and O–H groups in total. The number of rotatable bonds is 5. The standard InChI is InChI=1S/C14H30N2/c1-5-13-8-7-9-14(10-13,11-15)16(6-2)12(3)4/h12-13H,5-11,15H2,1-4H3. The normalized spacial score (nSPS) is 31.3. The summed E-state index contributed by atoms with van der Waals surface area (Å²) in [6, 6.07) is 0.615. The first-order valence-electron chi connectivity index (χ1n) is 7.06. The first-order valence-corrected chi connectivity index (χ1v) is 7.06. The monoisotopic (exact) mass is 226 g/mol. The molecule has 1 fully saturated rings. The van der Waals surface area contributed by atoms with E-state index in [1.165, 1.54) is 32.1 Å². The molecule has 0 aromatic carbocycles. The summed E-state index contributed by atoms with van der Waals surface area (Å²) < 4.78 is 0. The number of hydrogen-bond donors (Lipinski definition) is 1. The fraction of sp³-hybridized carbons (Fsp3) is 1.00. The lowest BCUT2D eigenvalue weighted by atomic mass is 9.73. The Morgan fingerprint density at radius 1 is 1.38 bits per heavy atom. The molecule has 2 nitrogen and oxygen atoms in total. The molecular formula is C14H30N2. The maximum Gasteiger partial charge on any atom is 0.0336 e. The van der Waals surface area contributed by atoms with E-state index < -0.39 is 0 Å². The molecule has 0 heterocycles. The highest BCUT2D eigenvalue weighted by molar-refractivity contribution is 4.97. The molecule has 1 saturated carbocycles. The minimum atomic E-state index is 0.293. The third-order valence-corrected chi connectivity index (χ3v) is 4.45. The second-order valence-corrected chi connectivity index (χ2v) is 5.68. The predicted molar refractivity (Wildman–Crippen MR) is 71.6 cm³/mol. The quantitative estimate of drug-likeness (QED) is 0.781. The summed E-state index contributed by atoms with van der Waals surface area (Å²) in [5.74, 6) is 0.894. The first kappa shape index (κ1) is 14.0. The largest absolute Gasteiger partial charge is 0.329 e. The molecule has 1 rings (SSSR count). The summed E-state index contributed by atoms with van der Waals surface area (Å²) in [6.07, 6.45) is 6.70. The highest BCUT2D eigenvalue weighted by Crippen LogP contribution is 2.38. The molecule has 0 bridgehead atoms. The minimum absolute atomic E-state index is 0.293. The molecule has 96 valence electrons. The molecule has 16 heavy (non-hydrogen) atoms. The average molecular weight is 226 g/mol. The lowest BCUT2D eigenvalue weighted by molar-refractivity contribution is 0.0156. The van der Waals surface area contributed by atoms with Crippen LogP contribution in [-0.2, 0) is 0 Å². The number of hydrogen-bond acceptors (Lipinski definition) is 2. The zero-order valence-corrected chi connectivity index (χ0v) is 11.6. The fourth-order valence-electron chi connectivity index (χ4n) is 3.62. The maximum absolute atomic E-state index is 6.13. The van der Waals surface area contributed by atoms with Gasteiger partial charge in [-0.15, -0.1) is 0 Å². The highest BCUT2D eigenvalue weighted by atomic mass is 15.2. The Balaban J connectivity index is 2.81. The third-order valence-electron chi connectivity index (χ3n) is 4.45. The van der Waals surface area contributed by atoms with Crippen molar-refractivity contribution in [3.05, 3.63) is 0 Å². The van der Waals surface area contributed by atoms with Crippen LogP contribution in [0.3, 0.4) is 0 Å². The van der Waals surface area contributed by atoms with E-state index in [0.717, 1.165) is 19.0 Å². The summed E-state index contributed by atoms with van der Waals surface area (Å²) >= 11 is 0. The van der Waals surface area contributed by atoms with Gasteiger partial charge in [-0.2, -0.15) is 0 Å². The molecule has 0 saturated heterocycles. The molecule has 2 atom stereocenters. The fourth-order valence-corrected chi connectivity index (χ4v) is 3.62. The lowest BCUT2D eigenvalue weighted by Crippen LogP contribution is -2.58. The molecule has 2 unspecified atom stereocenters. The molecule has 0 aromatic heterocycles. The molecule has 0 aromatic rings. The van der Waals surface area contributed by atoms with E-state index in [0.29, 0.717) is 11.6 Å². The van der Waals surface area contributed by atoms with Crippen molar-refractivity contribution in [1.29, 1.82) is 0 Å². The average Bonchev–Trinajstić information content (AvgIpc) is 2.29. The van der Waals surface area contributed by atoms with Gasteiger partial charge >= 0.3 is 0 Å². The van der Waals surface area contributed by atoms with E-state index in [9.17, 15) is 0 Å². The molecule has 1 aliphatic carbocycles. The topological polar surface area (TPSA) is 29.3 Å². The van der Waals surface area contributed by atoms with Gasteiger partial charge in [0.25, 0.3) is 0 Å². The van der Waals surface area contributed by atoms with E-state index in [1.807, 2.05) is 0 Å². The molecule has 0 amide bonds. The van der Waals surface area contributed by atoms with Crippen molar-refractivity contribution >= 4 is 0 Å². The van der Waals surface area contributed by atoms with E-state index in [-0.39, 0.29) is 0 Å². The minimum Gasteiger partial charge on any atom is -0.329 e. The van der Waals surface area contributed by atoms with Gasteiger partial charge in [-0.1, -0.05) is 33.1 Å². The van der Waals surface area contributed by atoms with Crippen LogP contribution in [0, 0.1) is 5.92 Å². The summed E-state index contributed by atoms with van der Waals surface area (Å²) in [5.41, 5.74) is 6.42. The zero-order valence-electron chi connectivity index (χ0n) is 11.6. The van der Waals surface area contributed by atoms with E-state index >= 15 is 0 Å². The second kappa shape index (κ2) is 6.02. The smallest absolute Gasteiger partial charge is 0.0336 e. The van der Waals surface area contributed by atoms with Gasteiger partial charge in [-0.25, -0.2) is 0 Å². The molecule has 1 aliphatic rings. The van der Waals surface area contributed by atoms with Crippen molar-refractivity contribution in [2.45, 2.75) is 71.4 Å². The predicted octanol–water partition coefficient (Wildman–Crippen LogP) is 3.01. The highest BCUT2D eigenvalue weighted by Gasteiger charge is 2.39. The van der Waals surface area contributed by atoms with Crippen molar-refractivity contribution < 1.29 is 0 Å². The van der Waals surface area contributed by atoms with Crippen molar-refractivity contribution in [2.24, 2.45) is 11.7 Å². The molecule has 0 aliphatic heterocycles. The molecule has 2 heteroatoms. The first-order chi connectivity index (χ1) is 7.59. The van der Waals surface area contributed by atoms with Crippen molar-refractivity contribution in [3.63, 3.8) is 0 Å². The van der Waals surface area contributed by atoms with Crippen molar-refractivity contribution in [1.82, 2.24) is 4.90 Å². The number of nitrogens with two attached hydrogens (primary N) is 1. The summed E-state index contributed by atoms with van der Waals surface area (Å²) in [5, 5.41) is 0. The van der Waals surface area contributed by atoms with E-state index in [2.05, 4.69) is 32.6 Å². The summed E-state index contributed by atoms with van der Waals surface area (Å²) in [4.78, 5) is 2.63. The van der Waals surface area contributed by atoms with Gasteiger partial charge < -0.3 is 5.73 Å². The zero-order chi connectivity index (χ0) is 12.2. The van der Waals surface area contributed by atoms with Crippen LogP contribution in [-0.4, -0.2) is 29.6 Å². The maximum atomic E-state index is 6.13. The van der Waals surface area contributed by atoms with Crippen LogP contribution in [0.5, 0.6) is 0 Å². The molecule has 0 radical (unpaired) electrons. The Hall–Kier alpha value is -0.0800. The van der Waals surface area contributed by atoms with Gasteiger partial charge in [0.15, 0.2) is 0 Å². The molecule has 0 spiro atoms. The van der Waals surface area contributed by atoms with Crippen molar-refractivity contribution in [2.75, 3.05) is 13.1 Å². The third kappa shape index (κ3) is 2.78. The van der Waals surface area contributed by atoms with Crippen LogP contribution >= 0.6 is 0 Å². The van der Waals surface area contributed by atoms with Crippen LogP contribution in [0.15, 0.2) is 0 Å². The lowest BCUT2D eigenvalue weighted by Gasteiger charge is -2.50. The Morgan fingerprint density at radius 2 is 2.06 bits per heavy atom. The van der Waals surface area contributed by atoms with E-state index in [4.69, 9.17) is 5.73 Å². The Kier molecular flexibility index (Phi) is 5.26. The van der Waals surface area contributed by atoms with Gasteiger partial charge in [0.1, 0.15) is 0 Å². The Morgan fingerprint density at radius 3 is 2.50 bits per heavy atom. The SMILES string of the molecule is CCC1CCCC(CN)(N(CC)C(C)C)C1. The molecular weight excluding hydrogens is 196 g/mol. The van der Waals surface area contributed by atoms with Crippen molar-refractivity contribution in [3.8, 4) is 0 Å². The summed E-state index contributed by atoms with van der Waals surface area (Å²) in [7, 11) is 0. The van der Waals surface area contributed by atoms with E-state index in [1.54, 1.807) is 0 Å².